The molecule has 0 bridgehead atoms. The van der Waals surface area contributed by atoms with Gasteiger partial charge in [0.2, 0.25) is 20.0 Å². The Kier molecular flexibility index (Phi) is 7.43. The van der Waals surface area contributed by atoms with Crippen LogP contribution in [0.25, 0.3) is 0 Å². The van der Waals surface area contributed by atoms with Crippen molar-refractivity contribution in [2.75, 3.05) is 6.54 Å². The third kappa shape index (κ3) is 5.90. The fraction of sp³-hybridized carbons (Fsp3) is 0.600. The molecule has 4 N–H and O–H groups in total. The summed E-state index contributed by atoms with van der Waals surface area (Å²) in [4.78, 5) is 0.0751. The highest BCUT2D eigenvalue weighted by Crippen LogP contribution is 2.23. The Morgan fingerprint density at radius 2 is 1.44 bits per heavy atom. The molecule has 7 nitrogen and oxygen atoms in total. The molecule has 1 aromatic rings. The van der Waals surface area contributed by atoms with Crippen LogP contribution in [0, 0.1) is 0 Å². The van der Waals surface area contributed by atoms with Crippen molar-refractivity contribution in [2.45, 2.75) is 60.9 Å². The Bertz CT molecular complexity index is 771. The van der Waals surface area contributed by atoms with Gasteiger partial charge in [0.15, 0.2) is 0 Å². The molecular formula is C15H26ClN3O4S2. The van der Waals surface area contributed by atoms with E-state index >= 15 is 0 Å². The summed E-state index contributed by atoms with van der Waals surface area (Å²) in [6, 6.07) is 5.18. The first kappa shape index (κ1) is 22.3. The molecule has 144 valence electrons. The number of sulfonamides is 2. The van der Waals surface area contributed by atoms with Crippen LogP contribution in [0.1, 0.15) is 39.5 Å². The van der Waals surface area contributed by atoms with Crippen molar-refractivity contribution in [3.8, 4) is 0 Å². The second-order valence-electron chi connectivity index (χ2n) is 6.26. The normalized spacial score (nSPS) is 15.6. The quantitative estimate of drug-likeness (QED) is 0.566. The molecule has 25 heavy (non-hydrogen) atoms. The standard InChI is InChI=1S/C15H25N3O4S2.ClH/c1-3-15(16,4-2)11-17-23(19,20)13-7-9-14(10-8-13)24(21,22)18-12-5-6-12;/h7-10,12,17-18H,3-6,11,16H2,1-2H3;1H. The third-order valence-corrected chi connectivity index (χ3v) is 7.32. The molecule has 1 saturated carbocycles. The van der Waals surface area contributed by atoms with E-state index in [2.05, 4.69) is 9.44 Å². The molecule has 0 amide bonds. The van der Waals surface area contributed by atoms with Gasteiger partial charge in [0.1, 0.15) is 0 Å². The van der Waals surface area contributed by atoms with Crippen LogP contribution in [-0.4, -0.2) is 35.0 Å². The van der Waals surface area contributed by atoms with E-state index < -0.39 is 25.6 Å². The van der Waals surface area contributed by atoms with Crippen LogP contribution >= 0.6 is 12.4 Å². The van der Waals surface area contributed by atoms with Crippen LogP contribution in [0.5, 0.6) is 0 Å². The first-order chi connectivity index (χ1) is 11.1. The Balaban J connectivity index is 0.00000312. The predicted octanol–water partition coefficient (Wildman–Crippen LogP) is 1.34. The largest absolute Gasteiger partial charge is 0.324 e. The Labute approximate surface area is 156 Å². The maximum Gasteiger partial charge on any atom is 0.240 e. The molecule has 0 spiro atoms. The van der Waals surface area contributed by atoms with Crippen molar-refractivity contribution in [2.24, 2.45) is 5.73 Å². The maximum absolute atomic E-state index is 12.3. The Morgan fingerprint density at radius 1 is 1.00 bits per heavy atom. The Morgan fingerprint density at radius 3 is 1.84 bits per heavy atom. The minimum Gasteiger partial charge on any atom is -0.324 e. The van der Waals surface area contributed by atoms with E-state index in [-0.39, 0.29) is 34.8 Å². The average molecular weight is 412 g/mol. The molecule has 1 aliphatic rings. The van der Waals surface area contributed by atoms with Crippen molar-refractivity contribution in [3.63, 3.8) is 0 Å². The minimum atomic E-state index is -3.73. The fourth-order valence-electron chi connectivity index (χ4n) is 2.11. The van der Waals surface area contributed by atoms with E-state index in [0.717, 1.165) is 12.8 Å². The van der Waals surface area contributed by atoms with Gasteiger partial charge >= 0.3 is 0 Å². The van der Waals surface area contributed by atoms with Crippen LogP contribution in [-0.2, 0) is 20.0 Å². The van der Waals surface area contributed by atoms with E-state index in [1.807, 2.05) is 13.8 Å². The number of nitrogens with one attached hydrogen (secondary N) is 2. The molecule has 0 aliphatic heterocycles. The molecule has 0 heterocycles. The summed E-state index contributed by atoms with van der Waals surface area (Å²) >= 11 is 0. The summed E-state index contributed by atoms with van der Waals surface area (Å²) in [5, 5.41) is 0. The lowest BCUT2D eigenvalue weighted by Crippen LogP contribution is -2.49. The van der Waals surface area contributed by atoms with Gasteiger partial charge in [-0.25, -0.2) is 26.3 Å². The molecule has 10 heteroatoms. The monoisotopic (exact) mass is 411 g/mol. The molecule has 0 saturated heterocycles. The van der Waals surface area contributed by atoms with Crippen molar-refractivity contribution in [3.05, 3.63) is 24.3 Å². The predicted molar refractivity (Wildman–Crippen MR) is 99.7 cm³/mol. The first-order valence-electron chi connectivity index (χ1n) is 8.03. The van der Waals surface area contributed by atoms with Gasteiger partial charge in [0, 0.05) is 18.1 Å². The molecule has 1 aliphatic carbocycles. The van der Waals surface area contributed by atoms with E-state index in [1.54, 1.807) is 0 Å². The van der Waals surface area contributed by atoms with Gasteiger partial charge in [-0.2, -0.15) is 0 Å². The summed E-state index contributed by atoms with van der Waals surface area (Å²) in [5.41, 5.74) is 5.51. The molecule has 1 aromatic carbocycles. The molecule has 1 fully saturated rings. The van der Waals surface area contributed by atoms with Gasteiger partial charge in [0.05, 0.1) is 9.79 Å². The number of hydrogen-bond donors (Lipinski definition) is 3. The van der Waals surface area contributed by atoms with Crippen LogP contribution in [0.15, 0.2) is 34.1 Å². The number of benzene rings is 1. The van der Waals surface area contributed by atoms with Crippen LogP contribution in [0.4, 0.5) is 0 Å². The van der Waals surface area contributed by atoms with Crippen molar-refractivity contribution < 1.29 is 16.8 Å². The maximum atomic E-state index is 12.3. The summed E-state index contributed by atoms with van der Waals surface area (Å²) in [6.45, 7) is 3.94. The van der Waals surface area contributed by atoms with Crippen molar-refractivity contribution in [1.29, 1.82) is 0 Å². The van der Waals surface area contributed by atoms with Crippen molar-refractivity contribution in [1.82, 2.24) is 9.44 Å². The van der Waals surface area contributed by atoms with Gasteiger partial charge in [-0.1, -0.05) is 13.8 Å². The van der Waals surface area contributed by atoms with Crippen LogP contribution < -0.4 is 15.2 Å². The molecule has 0 unspecified atom stereocenters. The van der Waals surface area contributed by atoms with Crippen molar-refractivity contribution >= 4 is 32.5 Å². The van der Waals surface area contributed by atoms with E-state index in [0.29, 0.717) is 12.8 Å². The van der Waals surface area contributed by atoms with Crippen LogP contribution in [0.2, 0.25) is 0 Å². The lowest BCUT2D eigenvalue weighted by Gasteiger charge is -2.26. The highest BCUT2D eigenvalue weighted by molar-refractivity contribution is 7.90. The fourth-order valence-corrected chi connectivity index (χ4v) is 4.55. The minimum absolute atomic E-state index is 0. The number of rotatable bonds is 9. The van der Waals surface area contributed by atoms with E-state index in [4.69, 9.17) is 5.73 Å². The second-order valence-corrected chi connectivity index (χ2v) is 9.74. The average Bonchev–Trinajstić information content (AvgIpc) is 3.36. The van der Waals surface area contributed by atoms with E-state index in [9.17, 15) is 16.8 Å². The topological polar surface area (TPSA) is 118 Å². The summed E-state index contributed by atoms with van der Waals surface area (Å²) < 4.78 is 53.9. The molecular weight excluding hydrogens is 386 g/mol. The van der Waals surface area contributed by atoms with Crippen LogP contribution in [0.3, 0.4) is 0 Å². The highest BCUT2D eigenvalue weighted by atomic mass is 35.5. The SMILES string of the molecule is CCC(N)(CC)CNS(=O)(=O)c1ccc(S(=O)(=O)NC2CC2)cc1.Cl. The van der Waals surface area contributed by atoms with Gasteiger partial charge in [0.25, 0.3) is 0 Å². The smallest absolute Gasteiger partial charge is 0.240 e. The van der Waals surface area contributed by atoms with Gasteiger partial charge in [-0.3, -0.25) is 0 Å². The number of halogens is 1. The molecule has 0 atom stereocenters. The zero-order valence-corrected chi connectivity index (χ0v) is 16.8. The van der Waals surface area contributed by atoms with E-state index in [1.165, 1.54) is 24.3 Å². The van der Waals surface area contributed by atoms with Gasteiger partial charge in [-0.15, -0.1) is 12.4 Å². The Hall–Kier alpha value is -0.710. The summed E-state index contributed by atoms with van der Waals surface area (Å²) in [7, 11) is -7.32. The lowest BCUT2D eigenvalue weighted by atomic mass is 9.95. The second kappa shape index (κ2) is 8.32. The first-order valence-corrected chi connectivity index (χ1v) is 11.0. The zero-order valence-electron chi connectivity index (χ0n) is 14.4. The molecule has 0 radical (unpaired) electrons. The van der Waals surface area contributed by atoms with Gasteiger partial charge < -0.3 is 5.73 Å². The zero-order chi connectivity index (χ0) is 18.0. The molecule has 0 aromatic heterocycles. The third-order valence-electron chi connectivity index (χ3n) is 4.37. The molecule has 2 rings (SSSR count). The summed E-state index contributed by atoms with van der Waals surface area (Å²) in [6.07, 6.45) is 2.97. The highest BCUT2D eigenvalue weighted by Gasteiger charge is 2.28. The lowest BCUT2D eigenvalue weighted by molar-refractivity contribution is 0.392. The van der Waals surface area contributed by atoms with Gasteiger partial charge in [-0.05, 0) is 49.9 Å². The number of hydrogen-bond acceptors (Lipinski definition) is 5. The number of nitrogens with two attached hydrogens (primary N) is 1. The summed E-state index contributed by atoms with van der Waals surface area (Å²) in [5.74, 6) is 0.